The number of ether oxygens (including phenoxy) is 1. The number of hydrogen-bond donors (Lipinski definition) is 3. The second kappa shape index (κ2) is 14.9. The number of benzene rings is 3. The Hall–Kier alpha value is -3.52. The fraction of sp³-hybridized carbons (Fsp3) is 0.424. The molecule has 2 atom stereocenters. The molecule has 3 aromatic carbocycles. The average Bonchev–Trinajstić information content (AvgIpc) is 2.94. The Kier molecular flexibility index (Phi) is 11.6. The van der Waals surface area contributed by atoms with Crippen LogP contribution in [-0.2, 0) is 20.7 Å². The van der Waals surface area contributed by atoms with Crippen molar-refractivity contribution in [3.8, 4) is 0 Å². The monoisotopic (exact) mass is 577 g/mol. The predicted molar refractivity (Wildman–Crippen MR) is 169 cm³/mol. The molecule has 2 unspecified atom stereocenters. The van der Waals surface area contributed by atoms with Crippen LogP contribution in [-0.4, -0.2) is 46.7 Å². The van der Waals surface area contributed by atoms with Crippen LogP contribution in [0.4, 0.5) is 10.5 Å². The summed E-state index contributed by atoms with van der Waals surface area (Å²) in [5, 5.41) is 7.79. The van der Waals surface area contributed by atoms with Gasteiger partial charge in [0.15, 0.2) is 0 Å². The summed E-state index contributed by atoms with van der Waals surface area (Å²) in [6.45, 7) is 9.77. The van der Waals surface area contributed by atoms with Crippen LogP contribution >= 0.6 is 12.6 Å². The number of amides is 3. The predicted octanol–water partition coefficient (Wildman–Crippen LogP) is 6.92. The number of nitrogens with zero attached hydrogens (tertiary/aromatic N) is 1. The number of hydrogen-bond acceptors (Lipinski definition) is 5. The van der Waals surface area contributed by atoms with Crippen LogP contribution in [0.5, 0.6) is 0 Å². The summed E-state index contributed by atoms with van der Waals surface area (Å²) < 4.78 is 5.40. The third-order valence-electron chi connectivity index (χ3n) is 6.74. The SMILES string of the molecule is CCCCCN(C(=O)C(CS)NC(=O)OC(C)(C)C)C(C(=O)Nc1ccc2ccccc2c1)c1ccc(CC)cc1. The van der Waals surface area contributed by atoms with Crippen molar-refractivity contribution in [3.05, 3.63) is 77.9 Å². The van der Waals surface area contributed by atoms with E-state index in [9.17, 15) is 14.4 Å². The topological polar surface area (TPSA) is 87.7 Å². The van der Waals surface area contributed by atoms with E-state index >= 15 is 0 Å². The maximum absolute atomic E-state index is 14.1. The first-order valence-electron chi connectivity index (χ1n) is 14.4. The quantitative estimate of drug-likeness (QED) is 0.161. The molecule has 3 amide bonds. The molecule has 0 saturated heterocycles. The minimum atomic E-state index is -0.972. The number of nitrogens with one attached hydrogen (secondary N) is 2. The Balaban J connectivity index is 1.99. The highest BCUT2D eigenvalue weighted by Gasteiger charge is 2.35. The molecule has 0 aliphatic heterocycles. The summed E-state index contributed by atoms with van der Waals surface area (Å²) in [6, 6.07) is 19.6. The molecule has 220 valence electrons. The molecule has 0 fully saturated rings. The zero-order valence-corrected chi connectivity index (χ0v) is 25.7. The molecule has 0 radical (unpaired) electrons. The minimum absolute atomic E-state index is 0.0517. The number of thiol groups is 1. The van der Waals surface area contributed by atoms with E-state index in [1.165, 1.54) is 0 Å². The lowest BCUT2D eigenvalue weighted by Gasteiger charge is -2.34. The Morgan fingerprint density at radius 1 is 0.927 bits per heavy atom. The fourth-order valence-electron chi connectivity index (χ4n) is 4.62. The first-order valence-corrected chi connectivity index (χ1v) is 15.0. The van der Waals surface area contributed by atoms with Crippen LogP contribution < -0.4 is 10.6 Å². The molecule has 0 aliphatic rings. The van der Waals surface area contributed by atoms with E-state index in [0.29, 0.717) is 24.2 Å². The molecular weight excluding hydrogens is 534 g/mol. The summed E-state index contributed by atoms with van der Waals surface area (Å²) in [7, 11) is 0. The lowest BCUT2D eigenvalue weighted by atomic mass is 10.00. The highest BCUT2D eigenvalue weighted by Crippen LogP contribution is 2.27. The molecule has 2 N–H and O–H groups in total. The Morgan fingerprint density at radius 3 is 2.22 bits per heavy atom. The van der Waals surface area contributed by atoms with E-state index in [1.54, 1.807) is 25.7 Å². The van der Waals surface area contributed by atoms with Gasteiger partial charge >= 0.3 is 6.09 Å². The third-order valence-corrected chi connectivity index (χ3v) is 7.10. The standard InChI is InChI=1S/C33H43N3O4S/c1-6-8-11-20-36(31(38)28(22-41)35-32(39)40-33(3,4)5)29(25-16-14-23(7-2)15-17-25)30(37)34-27-19-18-24-12-9-10-13-26(24)21-27/h9-10,12-19,21,28-29,41H,6-8,11,20,22H2,1-5H3,(H,34,37)(H,35,39). The van der Waals surface area contributed by atoms with E-state index in [1.807, 2.05) is 66.7 Å². The summed E-state index contributed by atoms with van der Waals surface area (Å²) >= 11 is 4.37. The van der Waals surface area contributed by atoms with Crippen molar-refractivity contribution in [2.45, 2.75) is 78.0 Å². The van der Waals surface area contributed by atoms with Gasteiger partial charge in [0, 0.05) is 18.0 Å². The molecule has 3 aromatic rings. The number of alkyl carbamates (subject to hydrolysis) is 1. The Bertz CT molecular complexity index is 1320. The van der Waals surface area contributed by atoms with Crippen LogP contribution in [0.1, 0.15) is 71.0 Å². The molecule has 0 spiro atoms. The summed E-state index contributed by atoms with van der Waals surface area (Å²) in [5.41, 5.74) is 1.74. The van der Waals surface area contributed by atoms with Gasteiger partial charge in [0.25, 0.3) is 5.91 Å². The molecule has 0 saturated carbocycles. The van der Waals surface area contributed by atoms with E-state index in [4.69, 9.17) is 4.74 Å². The van der Waals surface area contributed by atoms with Gasteiger partial charge in [0.1, 0.15) is 17.7 Å². The van der Waals surface area contributed by atoms with Gasteiger partial charge in [0.2, 0.25) is 5.91 Å². The minimum Gasteiger partial charge on any atom is -0.444 e. The molecule has 0 aromatic heterocycles. The van der Waals surface area contributed by atoms with E-state index < -0.39 is 23.8 Å². The van der Waals surface area contributed by atoms with Gasteiger partial charge in [-0.05, 0) is 67.6 Å². The van der Waals surface area contributed by atoms with Crippen LogP contribution in [0.15, 0.2) is 66.7 Å². The first kappa shape index (κ1) is 32.0. The lowest BCUT2D eigenvalue weighted by molar-refractivity contribution is -0.140. The van der Waals surface area contributed by atoms with Crippen molar-refractivity contribution in [1.82, 2.24) is 10.2 Å². The summed E-state index contributed by atoms with van der Waals surface area (Å²) in [5.74, 6) is -0.666. The number of carbonyl (C=O) groups is 3. The summed E-state index contributed by atoms with van der Waals surface area (Å²) in [6.07, 6.45) is 2.70. The van der Waals surface area contributed by atoms with Crippen molar-refractivity contribution in [3.63, 3.8) is 0 Å². The number of fused-ring (bicyclic) bond motifs is 1. The average molecular weight is 578 g/mol. The normalized spacial score (nSPS) is 12.8. The molecule has 0 heterocycles. The smallest absolute Gasteiger partial charge is 0.408 e. The van der Waals surface area contributed by atoms with Gasteiger partial charge < -0.3 is 20.3 Å². The number of rotatable bonds is 12. The number of carbonyl (C=O) groups excluding carboxylic acids is 3. The largest absolute Gasteiger partial charge is 0.444 e. The van der Waals surface area contributed by atoms with Crippen LogP contribution in [0.2, 0.25) is 0 Å². The second-order valence-electron chi connectivity index (χ2n) is 11.2. The van der Waals surface area contributed by atoms with E-state index in [-0.39, 0.29) is 17.6 Å². The Morgan fingerprint density at radius 2 is 1.61 bits per heavy atom. The molecule has 8 heteroatoms. The number of unbranched alkanes of at least 4 members (excludes halogenated alkanes) is 2. The second-order valence-corrected chi connectivity index (χ2v) is 11.5. The summed E-state index contributed by atoms with van der Waals surface area (Å²) in [4.78, 5) is 42.3. The van der Waals surface area contributed by atoms with Gasteiger partial charge in [0.05, 0.1) is 0 Å². The molecule has 0 bridgehead atoms. The van der Waals surface area contributed by atoms with Crippen LogP contribution in [0, 0.1) is 0 Å². The maximum atomic E-state index is 14.1. The maximum Gasteiger partial charge on any atom is 0.408 e. The van der Waals surface area contributed by atoms with Gasteiger partial charge in [-0.2, -0.15) is 12.6 Å². The number of aryl methyl sites for hydroxylation is 1. The highest BCUT2D eigenvalue weighted by atomic mass is 32.1. The lowest BCUT2D eigenvalue weighted by Crippen LogP contribution is -2.53. The molecule has 3 rings (SSSR count). The van der Waals surface area contributed by atoms with E-state index in [2.05, 4.69) is 37.1 Å². The first-order chi connectivity index (χ1) is 19.6. The van der Waals surface area contributed by atoms with Gasteiger partial charge in [-0.1, -0.05) is 81.3 Å². The highest BCUT2D eigenvalue weighted by molar-refractivity contribution is 7.80. The third kappa shape index (κ3) is 9.25. The number of anilines is 1. The van der Waals surface area contributed by atoms with Crippen molar-refractivity contribution in [1.29, 1.82) is 0 Å². The van der Waals surface area contributed by atoms with Gasteiger partial charge in [-0.15, -0.1) is 0 Å². The van der Waals surface area contributed by atoms with Crippen molar-refractivity contribution >= 4 is 47.0 Å². The molecule has 41 heavy (non-hydrogen) atoms. The Labute approximate surface area is 249 Å². The van der Waals surface area contributed by atoms with Gasteiger partial charge in [-0.3, -0.25) is 9.59 Å². The zero-order chi connectivity index (χ0) is 30.0. The van der Waals surface area contributed by atoms with E-state index in [0.717, 1.165) is 35.6 Å². The molecule has 0 aliphatic carbocycles. The molecular formula is C33H43N3O4S. The van der Waals surface area contributed by atoms with Crippen molar-refractivity contribution in [2.24, 2.45) is 0 Å². The van der Waals surface area contributed by atoms with Crippen LogP contribution in [0.25, 0.3) is 10.8 Å². The molecule has 7 nitrogen and oxygen atoms in total. The van der Waals surface area contributed by atoms with Crippen LogP contribution in [0.3, 0.4) is 0 Å². The van der Waals surface area contributed by atoms with Crippen molar-refractivity contribution < 1.29 is 19.1 Å². The van der Waals surface area contributed by atoms with Gasteiger partial charge in [-0.25, -0.2) is 4.79 Å². The van der Waals surface area contributed by atoms with Crippen molar-refractivity contribution in [2.75, 3.05) is 17.6 Å². The fourth-order valence-corrected chi connectivity index (χ4v) is 4.87. The zero-order valence-electron chi connectivity index (χ0n) is 24.8.